The van der Waals surface area contributed by atoms with Crippen molar-refractivity contribution in [3.8, 4) is 0 Å². The Morgan fingerprint density at radius 1 is 1.33 bits per heavy atom. The Bertz CT molecular complexity index is 331. The van der Waals surface area contributed by atoms with E-state index in [1.807, 2.05) is 11.8 Å². The average Bonchev–Trinajstić information content (AvgIpc) is 2.08. The molecule has 1 aromatic carbocycles. The first-order valence-electron chi connectivity index (χ1n) is 5.10. The van der Waals surface area contributed by atoms with E-state index in [4.69, 9.17) is 5.73 Å². The predicted octanol–water partition coefficient (Wildman–Crippen LogP) is 3.84. The molecule has 0 aliphatic rings. The van der Waals surface area contributed by atoms with E-state index in [-0.39, 0.29) is 4.75 Å². The molecule has 1 nitrogen and oxygen atoms in total. The highest BCUT2D eigenvalue weighted by molar-refractivity contribution is 9.10. The van der Waals surface area contributed by atoms with Gasteiger partial charge in [0.1, 0.15) is 0 Å². The highest BCUT2D eigenvalue weighted by atomic mass is 79.9. The van der Waals surface area contributed by atoms with Crippen molar-refractivity contribution in [2.45, 2.75) is 36.8 Å². The van der Waals surface area contributed by atoms with Gasteiger partial charge in [0.25, 0.3) is 0 Å². The van der Waals surface area contributed by atoms with Crippen LogP contribution in [0, 0.1) is 0 Å². The van der Waals surface area contributed by atoms with Crippen molar-refractivity contribution in [2.24, 2.45) is 5.73 Å². The van der Waals surface area contributed by atoms with Crippen molar-refractivity contribution in [2.75, 3.05) is 6.54 Å². The SMILES string of the molecule is CC(C)(C)Sc1ccc(CCN)cc1Br. The third kappa shape index (κ3) is 4.58. The van der Waals surface area contributed by atoms with Crippen LogP contribution < -0.4 is 5.73 Å². The summed E-state index contributed by atoms with van der Waals surface area (Å²) in [7, 11) is 0. The van der Waals surface area contributed by atoms with Gasteiger partial charge in [0.05, 0.1) is 0 Å². The van der Waals surface area contributed by atoms with Gasteiger partial charge >= 0.3 is 0 Å². The minimum absolute atomic E-state index is 0.248. The van der Waals surface area contributed by atoms with Gasteiger partial charge in [-0.25, -0.2) is 0 Å². The molecule has 1 aromatic rings. The lowest BCUT2D eigenvalue weighted by Gasteiger charge is -2.18. The van der Waals surface area contributed by atoms with Crippen molar-refractivity contribution in [3.05, 3.63) is 28.2 Å². The molecule has 15 heavy (non-hydrogen) atoms. The second-order valence-electron chi connectivity index (χ2n) is 4.52. The van der Waals surface area contributed by atoms with E-state index in [0.717, 1.165) is 6.42 Å². The highest BCUT2D eigenvalue weighted by Gasteiger charge is 2.14. The lowest BCUT2D eigenvalue weighted by molar-refractivity contribution is 0.802. The zero-order valence-electron chi connectivity index (χ0n) is 9.51. The Balaban J connectivity index is 2.84. The Morgan fingerprint density at radius 3 is 2.47 bits per heavy atom. The number of hydrogen-bond acceptors (Lipinski definition) is 2. The number of thioether (sulfide) groups is 1. The number of halogens is 1. The molecule has 0 spiro atoms. The van der Waals surface area contributed by atoms with Gasteiger partial charge in [-0.2, -0.15) is 0 Å². The van der Waals surface area contributed by atoms with Crippen LogP contribution in [0.2, 0.25) is 0 Å². The molecule has 0 unspecified atom stereocenters. The minimum atomic E-state index is 0.248. The van der Waals surface area contributed by atoms with Crippen LogP contribution in [0.5, 0.6) is 0 Å². The van der Waals surface area contributed by atoms with Crippen LogP contribution in [0.3, 0.4) is 0 Å². The molecule has 0 saturated heterocycles. The second-order valence-corrected chi connectivity index (χ2v) is 7.24. The van der Waals surface area contributed by atoms with Crippen LogP contribution in [-0.2, 0) is 6.42 Å². The van der Waals surface area contributed by atoms with Crippen molar-refractivity contribution >= 4 is 27.7 Å². The monoisotopic (exact) mass is 287 g/mol. The summed E-state index contributed by atoms with van der Waals surface area (Å²) in [5.74, 6) is 0. The van der Waals surface area contributed by atoms with Crippen molar-refractivity contribution in [3.63, 3.8) is 0 Å². The molecule has 0 bridgehead atoms. The fourth-order valence-corrected chi connectivity index (χ4v) is 2.90. The van der Waals surface area contributed by atoms with Gasteiger partial charge in [-0.3, -0.25) is 0 Å². The molecule has 0 aliphatic heterocycles. The Hall–Kier alpha value is 0.01000. The first kappa shape index (κ1) is 13.1. The van der Waals surface area contributed by atoms with Gasteiger partial charge in [-0.05, 0) is 46.6 Å². The Kier molecular flexibility index (Phi) is 4.68. The maximum absolute atomic E-state index is 5.53. The molecule has 0 aromatic heterocycles. The zero-order valence-corrected chi connectivity index (χ0v) is 11.9. The summed E-state index contributed by atoms with van der Waals surface area (Å²) in [6.45, 7) is 7.37. The normalized spacial score (nSPS) is 11.8. The summed E-state index contributed by atoms with van der Waals surface area (Å²) >= 11 is 5.48. The molecular weight excluding hydrogens is 270 g/mol. The van der Waals surface area contributed by atoms with Gasteiger partial charge in [-0.15, -0.1) is 11.8 Å². The molecule has 0 radical (unpaired) electrons. The van der Waals surface area contributed by atoms with Crippen LogP contribution in [0.4, 0.5) is 0 Å². The summed E-state index contributed by atoms with van der Waals surface area (Å²) in [6, 6.07) is 6.50. The van der Waals surface area contributed by atoms with Gasteiger partial charge in [0.2, 0.25) is 0 Å². The first-order valence-corrected chi connectivity index (χ1v) is 6.71. The lowest BCUT2D eigenvalue weighted by atomic mass is 10.2. The van der Waals surface area contributed by atoms with Crippen molar-refractivity contribution < 1.29 is 0 Å². The summed E-state index contributed by atoms with van der Waals surface area (Å²) in [4.78, 5) is 1.29. The third-order valence-electron chi connectivity index (χ3n) is 1.85. The fraction of sp³-hybridized carbons (Fsp3) is 0.500. The van der Waals surface area contributed by atoms with Gasteiger partial charge < -0.3 is 5.73 Å². The van der Waals surface area contributed by atoms with E-state index in [1.54, 1.807) is 0 Å². The maximum Gasteiger partial charge on any atom is 0.0314 e. The largest absolute Gasteiger partial charge is 0.330 e. The zero-order chi connectivity index (χ0) is 11.5. The van der Waals surface area contributed by atoms with E-state index in [9.17, 15) is 0 Å². The van der Waals surface area contributed by atoms with Gasteiger partial charge in [0, 0.05) is 14.1 Å². The molecule has 3 heteroatoms. The Morgan fingerprint density at radius 2 is 2.00 bits per heavy atom. The molecule has 2 N–H and O–H groups in total. The first-order chi connectivity index (χ1) is 6.92. The lowest BCUT2D eigenvalue weighted by Crippen LogP contribution is -2.07. The second kappa shape index (κ2) is 5.37. The maximum atomic E-state index is 5.53. The van der Waals surface area contributed by atoms with E-state index in [1.165, 1.54) is 14.9 Å². The van der Waals surface area contributed by atoms with E-state index < -0.39 is 0 Å². The quantitative estimate of drug-likeness (QED) is 0.855. The number of rotatable bonds is 3. The summed E-state index contributed by atoms with van der Waals surface area (Å²) in [5, 5.41) is 0. The molecule has 1 rings (SSSR count). The van der Waals surface area contributed by atoms with Crippen LogP contribution in [0.1, 0.15) is 26.3 Å². The molecule has 0 aliphatic carbocycles. The number of hydrogen-bond donors (Lipinski definition) is 1. The molecular formula is C12H18BrNS. The van der Waals surface area contributed by atoms with Crippen molar-refractivity contribution in [1.82, 2.24) is 0 Å². The molecule has 0 atom stereocenters. The van der Waals surface area contributed by atoms with E-state index >= 15 is 0 Å². The van der Waals surface area contributed by atoms with Crippen LogP contribution >= 0.6 is 27.7 Å². The molecule has 84 valence electrons. The standard InChI is InChI=1S/C12H18BrNS/c1-12(2,3)15-11-5-4-9(6-7-14)8-10(11)13/h4-5,8H,6-7,14H2,1-3H3. The predicted molar refractivity (Wildman–Crippen MR) is 72.5 cm³/mol. The van der Waals surface area contributed by atoms with E-state index in [0.29, 0.717) is 6.54 Å². The Labute approximate surface area is 105 Å². The molecule has 0 heterocycles. The number of benzene rings is 1. The summed E-state index contributed by atoms with van der Waals surface area (Å²) in [6.07, 6.45) is 0.944. The average molecular weight is 288 g/mol. The fourth-order valence-electron chi connectivity index (χ4n) is 1.28. The van der Waals surface area contributed by atoms with Gasteiger partial charge in [0.15, 0.2) is 0 Å². The van der Waals surface area contributed by atoms with Crippen LogP contribution in [0.15, 0.2) is 27.6 Å². The van der Waals surface area contributed by atoms with Crippen LogP contribution in [-0.4, -0.2) is 11.3 Å². The molecule has 0 saturated carbocycles. The highest BCUT2D eigenvalue weighted by Crippen LogP contribution is 2.36. The molecule has 0 amide bonds. The molecule has 0 fully saturated rings. The van der Waals surface area contributed by atoms with E-state index in [2.05, 4.69) is 54.9 Å². The summed E-state index contributed by atoms with van der Waals surface area (Å²) < 4.78 is 1.42. The topological polar surface area (TPSA) is 26.0 Å². The van der Waals surface area contributed by atoms with Crippen molar-refractivity contribution in [1.29, 1.82) is 0 Å². The summed E-state index contributed by atoms with van der Waals surface area (Å²) in [5.41, 5.74) is 6.82. The van der Waals surface area contributed by atoms with Crippen LogP contribution in [0.25, 0.3) is 0 Å². The van der Waals surface area contributed by atoms with Gasteiger partial charge in [-0.1, -0.05) is 26.8 Å². The third-order valence-corrected chi connectivity index (χ3v) is 3.95. The minimum Gasteiger partial charge on any atom is -0.330 e. The smallest absolute Gasteiger partial charge is 0.0314 e. The number of nitrogens with two attached hydrogens (primary N) is 1.